The van der Waals surface area contributed by atoms with Crippen molar-refractivity contribution in [3.63, 3.8) is 0 Å². The molecule has 1 aromatic rings. The van der Waals surface area contributed by atoms with E-state index in [1.807, 2.05) is 6.92 Å². The Balaban J connectivity index is 2.44. The van der Waals surface area contributed by atoms with Crippen molar-refractivity contribution in [1.82, 2.24) is 5.32 Å². The molecule has 0 fully saturated rings. The summed E-state index contributed by atoms with van der Waals surface area (Å²) in [7, 11) is 1.34. The molecular formula is C13H18N2O3. The average molecular weight is 250 g/mol. The monoisotopic (exact) mass is 250 g/mol. The highest BCUT2D eigenvalue weighted by Gasteiger charge is 2.04. The minimum Gasteiger partial charge on any atom is -0.465 e. The number of methoxy groups -OCH3 is 1. The summed E-state index contributed by atoms with van der Waals surface area (Å²) in [6.45, 7) is 2.90. The Morgan fingerprint density at radius 1 is 1.22 bits per heavy atom. The van der Waals surface area contributed by atoms with Crippen LogP contribution in [0.4, 0.5) is 5.69 Å². The van der Waals surface area contributed by atoms with Gasteiger partial charge in [-0.2, -0.15) is 0 Å². The number of hydrogen-bond donors (Lipinski definition) is 2. The number of amides is 1. The van der Waals surface area contributed by atoms with E-state index in [1.54, 1.807) is 24.3 Å². The molecule has 5 nitrogen and oxygen atoms in total. The Morgan fingerprint density at radius 3 is 2.44 bits per heavy atom. The third kappa shape index (κ3) is 4.45. The number of benzene rings is 1. The molecular weight excluding hydrogens is 232 g/mol. The van der Waals surface area contributed by atoms with Gasteiger partial charge in [0.15, 0.2) is 0 Å². The fraction of sp³-hybridized carbons (Fsp3) is 0.385. The van der Waals surface area contributed by atoms with Gasteiger partial charge in [-0.1, -0.05) is 6.92 Å². The van der Waals surface area contributed by atoms with Crippen molar-refractivity contribution < 1.29 is 14.3 Å². The van der Waals surface area contributed by atoms with Gasteiger partial charge in [0.2, 0.25) is 5.91 Å². The molecule has 98 valence electrons. The fourth-order valence-electron chi connectivity index (χ4n) is 1.35. The van der Waals surface area contributed by atoms with Crippen LogP contribution in [0.25, 0.3) is 0 Å². The van der Waals surface area contributed by atoms with Crippen LogP contribution in [-0.2, 0) is 9.53 Å². The van der Waals surface area contributed by atoms with Gasteiger partial charge in [-0.05, 0) is 30.7 Å². The predicted octanol–water partition coefficient (Wildman–Crippen LogP) is 1.41. The molecule has 0 atom stereocenters. The number of carbonyl (C=O) groups is 2. The van der Waals surface area contributed by atoms with Crippen molar-refractivity contribution in [2.24, 2.45) is 0 Å². The van der Waals surface area contributed by atoms with Crippen LogP contribution in [0.15, 0.2) is 24.3 Å². The average Bonchev–Trinajstić information content (AvgIpc) is 2.42. The standard InChI is InChI=1S/C13H18N2O3/c1-3-8-14-12(16)9-15-11-6-4-10(5-7-11)13(17)18-2/h4-7,15H,3,8-9H2,1-2H3,(H,14,16). The molecule has 1 amide bonds. The lowest BCUT2D eigenvalue weighted by Crippen LogP contribution is -2.30. The largest absolute Gasteiger partial charge is 0.465 e. The predicted molar refractivity (Wildman–Crippen MR) is 69.6 cm³/mol. The lowest BCUT2D eigenvalue weighted by atomic mass is 10.2. The van der Waals surface area contributed by atoms with Crippen molar-refractivity contribution >= 4 is 17.6 Å². The highest BCUT2D eigenvalue weighted by Crippen LogP contribution is 2.09. The number of ether oxygens (including phenoxy) is 1. The summed E-state index contributed by atoms with van der Waals surface area (Å²) in [5.41, 5.74) is 1.27. The van der Waals surface area contributed by atoms with Crippen LogP contribution in [0.3, 0.4) is 0 Å². The fourth-order valence-corrected chi connectivity index (χ4v) is 1.35. The topological polar surface area (TPSA) is 67.4 Å². The van der Waals surface area contributed by atoms with Gasteiger partial charge in [-0.3, -0.25) is 4.79 Å². The normalized spacial score (nSPS) is 9.67. The first kappa shape index (κ1) is 14.0. The van der Waals surface area contributed by atoms with E-state index in [1.165, 1.54) is 7.11 Å². The van der Waals surface area contributed by atoms with E-state index in [2.05, 4.69) is 15.4 Å². The van der Waals surface area contributed by atoms with Crippen LogP contribution in [0.1, 0.15) is 23.7 Å². The van der Waals surface area contributed by atoms with Gasteiger partial charge in [-0.25, -0.2) is 4.79 Å². The quantitative estimate of drug-likeness (QED) is 0.749. The van der Waals surface area contributed by atoms with Crippen molar-refractivity contribution in [2.45, 2.75) is 13.3 Å². The summed E-state index contributed by atoms with van der Waals surface area (Å²) in [6.07, 6.45) is 0.916. The number of esters is 1. The maximum atomic E-state index is 11.3. The Kier molecular flexibility index (Phi) is 5.70. The molecule has 0 aliphatic carbocycles. The molecule has 0 spiro atoms. The highest BCUT2D eigenvalue weighted by molar-refractivity contribution is 5.89. The number of anilines is 1. The van der Waals surface area contributed by atoms with Crippen LogP contribution in [0, 0.1) is 0 Å². The molecule has 0 bridgehead atoms. The van der Waals surface area contributed by atoms with Crippen LogP contribution in [0.5, 0.6) is 0 Å². The zero-order valence-corrected chi connectivity index (χ0v) is 10.7. The molecule has 1 rings (SSSR count). The SMILES string of the molecule is CCCNC(=O)CNc1ccc(C(=O)OC)cc1. The Morgan fingerprint density at radius 2 is 1.89 bits per heavy atom. The van der Waals surface area contributed by atoms with Gasteiger partial charge in [0.05, 0.1) is 19.2 Å². The lowest BCUT2D eigenvalue weighted by Gasteiger charge is -2.07. The van der Waals surface area contributed by atoms with Crippen LogP contribution in [0.2, 0.25) is 0 Å². The molecule has 2 N–H and O–H groups in total. The van der Waals surface area contributed by atoms with Crippen molar-refractivity contribution in [3.8, 4) is 0 Å². The van der Waals surface area contributed by atoms with Gasteiger partial charge in [-0.15, -0.1) is 0 Å². The molecule has 0 heterocycles. The van der Waals surface area contributed by atoms with E-state index in [9.17, 15) is 9.59 Å². The first-order valence-corrected chi connectivity index (χ1v) is 5.86. The van der Waals surface area contributed by atoms with Gasteiger partial charge >= 0.3 is 5.97 Å². The number of nitrogens with one attached hydrogen (secondary N) is 2. The van der Waals surface area contributed by atoms with Gasteiger partial charge in [0.25, 0.3) is 0 Å². The summed E-state index contributed by atoms with van der Waals surface area (Å²) in [6, 6.07) is 6.77. The van der Waals surface area contributed by atoms with Crippen LogP contribution < -0.4 is 10.6 Å². The molecule has 0 aliphatic heterocycles. The van der Waals surface area contributed by atoms with E-state index < -0.39 is 0 Å². The molecule has 1 aromatic carbocycles. The Hall–Kier alpha value is -2.04. The van der Waals surface area contributed by atoms with Crippen LogP contribution >= 0.6 is 0 Å². The Labute approximate surface area is 107 Å². The highest BCUT2D eigenvalue weighted by atomic mass is 16.5. The molecule has 0 saturated carbocycles. The summed E-state index contributed by atoms with van der Waals surface area (Å²) < 4.78 is 4.60. The van der Waals surface area contributed by atoms with E-state index in [-0.39, 0.29) is 18.4 Å². The number of carbonyl (C=O) groups excluding carboxylic acids is 2. The van der Waals surface area contributed by atoms with E-state index in [4.69, 9.17) is 0 Å². The zero-order chi connectivity index (χ0) is 13.4. The third-order valence-corrected chi connectivity index (χ3v) is 2.33. The molecule has 0 unspecified atom stereocenters. The first-order valence-electron chi connectivity index (χ1n) is 5.86. The molecule has 0 radical (unpaired) electrons. The second kappa shape index (κ2) is 7.32. The van der Waals surface area contributed by atoms with Crippen LogP contribution in [-0.4, -0.2) is 32.1 Å². The molecule has 0 aromatic heterocycles. The van der Waals surface area contributed by atoms with Gasteiger partial charge < -0.3 is 15.4 Å². The van der Waals surface area contributed by atoms with E-state index in [0.717, 1.165) is 12.1 Å². The summed E-state index contributed by atoms with van der Waals surface area (Å²) in [5, 5.41) is 5.74. The molecule has 0 aliphatic rings. The maximum absolute atomic E-state index is 11.3. The van der Waals surface area contributed by atoms with E-state index in [0.29, 0.717) is 12.1 Å². The van der Waals surface area contributed by atoms with Crippen molar-refractivity contribution in [3.05, 3.63) is 29.8 Å². The van der Waals surface area contributed by atoms with Crippen molar-refractivity contribution in [1.29, 1.82) is 0 Å². The summed E-state index contributed by atoms with van der Waals surface area (Å²) >= 11 is 0. The smallest absolute Gasteiger partial charge is 0.337 e. The number of rotatable bonds is 6. The Bertz CT molecular complexity index is 401. The van der Waals surface area contributed by atoms with E-state index >= 15 is 0 Å². The zero-order valence-electron chi connectivity index (χ0n) is 10.7. The minimum absolute atomic E-state index is 0.0473. The lowest BCUT2D eigenvalue weighted by molar-refractivity contribution is -0.119. The minimum atomic E-state index is -0.373. The molecule has 18 heavy (non-hydrogen) atoms. The van der Waals surface area contributed by atoms with Crippen molar-refractivity contribution in [2.75, 3.05) is 25.5 Å². The molecule has 0 saturated heterocycles. The summed E-state index contributed by atoms with van der Waals surface area (Å²) in [4.78, 5) is 22.6. The second-order valence-electron chi connectivity index (χ2n) is 3.77. The first-order chi connectivity index (χ1) is 8.67. The van der Waals surface area contributed by atoms with Gasteiger partial charge in [0.1, 0.15) is 0 Å². The maximum Gasteiger partial charge on any atom is 0.337 e. The summed E-state index contributed by atoms with van der Waals surface area (Å²) in [5.74, 6) is -0.420. The van der Waals surface area contributed by atoms with Gasteiger partial charge in [0, 0.05) is 12.2 Å². The number of hydrogen-bond acceptors (Lipinski definition) is 4. The third-order valence-electron chi connectivity index (χ3n) is 2.33. The second-order valence-corrected chi connectivity index (χ2v) is 3.77. The molecule has 5 heteroatoms.